The Bertz CT molecular complexity index is 792. The Morgan fingerprint density at radius 2 is 1.46 bits per heavy atom. The van der Waals surface area contributed by atoms with Crippen molar-refractivity contribution in [3.05, 3.63) is 71.8 Å². The van der Waals surface area contributed by atoms with Gasteiger partial charge in [-0.25, -0.2) is 0 Å². The number of fused-ring (bicyclic) bond motifs is 2. The van der Waals surface area contributed by atoms with Crippen LogP contribution < -0.4 is 0 Å². The molecule has 2 aromatic carbocycles. The molecule has 0 spiro atoms. The van der Waals surface area contributed by atoms with Crippen LogP contribution in [-0.4, -0.2) is 20.9 Å². The summed E-state index contributed by atoms with van der Waals surface area (Å²) in [7, 11) is -1.57. The minimum atomic E-state index is -1.57. The topological polar surface area (TPSA) is 23.6 Å². The lowest BCUT2D eigenvalue weighted by Crippen LogP contribution is -2.60. The van der Waals surface area contributed by atoms with Gasteiger partial charge in [-0.05, 0) is 35.5 Å². The van der Waals surface area contributed by atoms with Gasteiger partial charge in [-0.2, -0.15) is 0 Å². The second-order valence-electron chi connectivity index (χ2n) is 8.43. The summed E-state index contributed by atoms with van der Waals surface area (Å²) in [6.07, 6.45) is 2.21. The lowest BCUT2D eigenvalue weighted by atomic mass is 9.73. The van der Waals surface area contributed by atoms with E-state index < -0.39 is 8.10 Å². The average molecular weight is 367 g/mol. The fraction of sp³-hybridized carbons (Fsp3) is 0.455. The van der Waals surface area contributed by atoms with Gasteiger partial charge in [0.1, 0.15) is 0 Å². The van der Waals surface area contributed by atoms with Crippen molar-refractivity contribution in [2.45, 2.75) is 58.3 Å². The van der Waals surface area contributed by atoms with Crippen LogP contribution in [0.2, 0.25) is 0 Å². The van der Waals surface area contributed by atoms with Gasteiger partial charge in [0.15, 0.2) is 0 Å². The molecule has 2 fully saturated rings. The third-order valence-electron chi connectivity index (χ3n) is 6.84. The maximum Gasteiger partial charge on any atom is 0.539 e. The van der Waals surface area contributed by atoms with Crippen molar-refractivity contribution in [1.82, 2.24) is 9.34 Å². The van der Waals surface area contributed by atoms with Crippen molar-refractivity contribution < 1.29 is 4.57 Å². The maximum atomic E-state index is 13.7. The molecule has 3 nitrogen and oxygen atoms in total. The molecule has 1 saturated carbocycles. The fourth-order valence-electron chi connectivity index (χ4n) is 4.82. The molecule has 26 heavy (non-hydrogen) atoms. The Kier molecular flexibility index (Phi) is 4.51. The van der Waals surface area contributed by atoms with Crippen molar-refractivity contribution >= 4 is 8.10 Å². The molecule has 4 rings (SSSR count). The summed E-state index contributed by atoms with van der Waals surface area (Å²) in [6, 6.07) is 21.3. The van der Waals surface area contributed by atoms with Crippen molar-refractivity contribution in [3.63, 3.8) is 0 Å². The highest BCUT2D eigenvalue weighted by molar-refractivity contribution is 7.39. The third kappa shape index (κ3) is 2.74. The van der Waals surface area contributed by atoms with E-state index in [9.17, 15) is 4.57 Å². The van der Waals surface area contributed by atoms with Gasteiger partial charge >= 0.3 is 8.10 Å². The quantitative estimate of drug-likeness (QED) is 0.656. The van der Waals surface area contributed by atoms with Crippen molar-refractivity contribution in [1.29, 1.82) is 0 Å². The molecule has 4 heteroatoms. The maximum absolute atomic E-state index is 13.7. The van der Waals surface area contributed by atoms with Crippen LogP contribution in [0.4, 0.5) is 0 Å². The zero-order valence-corrected chi connectivity index (χ0v) is 16.8. The van der Waals surface area contributed by atoms with E-state index in [1.165, 1.54) is 11.1 Å². The van der Waals surface area contributed by atoms with Crippen LogP contribution in [0.5, 0.6) is 0 Å². The lowest BCUT2D eigenvalue weighted by molar-refractivity contribution is 0.0123. The number of hydrogen-bond acceptors (Lipinski definition) is 1. The molecule has 2 aromatic rings. The monoisotopic (exact) mass is 367 g/mol. The van der Waals surface area contributed by atoms with Crippen LogP contribution in [-0.2, 0) is 17.7 Å². The molecule has 2 unspecified atom stereocenters. The Labute approximate surface area is 157 Å². The summed E-state index contributed by atoms with van der Waals surface area (Å²) in [4.78, 5) is 0. The Balaban J connectivity index is 1.69. The molecule has 2 bridgehead atoms. The Hall–Kier alpha value is -1.54. The Morgan fingerprint density at radius 3 is 2.04 bits per heavy atom. The molecule has 1 aliphatic heterocycles. The number of nitrogens with zero attached hydrogens (tertiary/aromatic N) is 2. The first-order valence-electron chi connectivity index (χ1n) is 9.53. The highest BCUT2D eigenvalue weighted by Gasteiger charge is 2.69. The van der Waals surface area contributed by atoms with Crippen LogP contribution in [0, 0.1) is 5.41 Å². The molecule has 0 radical (unpaired) electrons. The SMILES string of the molecule is CC1(C)C2CC[C@@]1(C)N(Cc1ccccc1)[P+](=O)N2Cc1ccccc1. The molecule has 0 amide bonds. The molecule has 0 aromatic heterocycles. The zero-order chi connectivity index (χ0) is 18.4. The summed E-state index contributed by atoms with van der Waals surface area (Å²) in [6.45, 7) is 8.55. The highest BCUT2D eigenvalue weighted by Crippen LogP contribution is 2.63. The van der Waals surface area contributed by atoms with E-state index in [1.54, 1.807) is 0 Å². The van der Waals surface area contributed by atoms with E-state index in [4.69, 9.17) is 0 Å². The van der Waals surface area contributed by atoms with Gasteiger partial charge in [0.25, 0.3) is 0 Å². The predicted molar refractivity (Wildman–Crippen MR) is 107 cm³/mol. The van der Waals surface area contributed by atoms with E-state index in [1.807, 2.05) is 12.1 Å². The molecule has 1 heterocycles. The number of hydrogen-bond donors (Lipinski definition) is 0. The first-order chi connectivity index (χ1) is 12.4. The van der Waals surface area contributed by atoms with E-state index >= 15 is 0 Å². The smallest absolute Gasteiger partial charge is 0.0709 e. The molecule has 1 aliphatic carbocycles. The first-order valence-corrected chi connectivity index (χ1v) is 10.7. The Morgan fingerprint density at radius 1 is 0.923 bits per heavy atom. The van der Waals surface area contributed by atoms with Crippen LogP contribution in [0.15, 0.2) is 60.7 Å². The van der Waals surface area contributed by atoms with Crippen LogP contribution in [0.25, 0.3) is 0 Å². The summed E-state index contributed by atoms with van der Waals surface area (Å²) < 4.78 is 18.2. The van der Waals surface area contributed by atoms with E-state index in [0.717, 1.165) is 25.9 Å². The van der Waals surface area contributed by atoms with Gasteiger partial charge in [0.05, 0.1) is 24.7 Å². The zero-order valence-electron chi connectivity index (χ0n) is 15.9. The highest BCUT2D eigenvalue weighted by atomic mass is 31.1. The molecule has 3 atom stereocenters. The largest absolute Gasteiger partial charge is 0.539 e. The summed E-state index contributed by atoms with van der Waals surface area (Å²) in [5.74, 6) is 0. The van der Waals surface area contributed by atoms with Crippen LogP contribution in [0.1, 0.15) is 44.7 Å². The van der Waals surface area contributed by atoms with Gasteiger partial charge in [-0.3, -0.25) is 0 Å². The van der Waals surface area contributed by atoms with Crippen molar-refractivity contribution in [3.8, 4) is 0 Å². The summed E-state index contributed by atoms with van der Waals surface area (Å²) in [5.41, 5.74) is 2.54. The van der Waals surface area contributed by atoms with E-state index in [-0.39, 0.29) is 11.0 Å². The van der Waals surface area contributed by atoms with Crippen molar-refractivity contribution in [2.24, 2.45) is 5.41 Å². The van der Waals surface area contributed by atoms with Crippen molar-refractivity contribution in [2.75, 3.05) is 0 Å². The molecule has 136 valence electrons. The van der Waals surface area contributed by atoms with E-state index in [2.05, 4.69) is 78.6 Å². The molecular weight excluding hydrogens is 339 g/mol. The first kappa shape index (κ1) is 17.9. The van der Waals surface area contributed by atoms with Gasteiger partial charge in [-0.15, -0.1) is 0 Å². The number of rotatable bonds is 4. The van der Waals surface area contributed by atoms with Crippen LogP contribution in [0.3, 0.4) is 0 Å². The summed E-state index contributed by atoms with van der Waals surface area (Å²) in [5, 5.41) is 0. The fourth-order valence-corrected chi connectivity index (χ4v) is 7.05. The molecule has 1 saturated heterocycles. The third-order valence-corrected chi connectivity index (χ3v) is 8.70. The average Bonchev–Trinajstić information content (AvgIpc) is 2.82. The van der Waals surface area contributed by atoms with Gasteiger partial charge < -0.3 is 0 Å². The normalized spacial score (nSPS) is 29.8. The molecule has 0 N–H and O–H groups in total. The predicted octanol–water partition coefficient (Wildman–Crippen LogP) is 5.61. The minimum Gasteiger partial charge on any atom is -0.0709 e. The molecular formula is C22H28N2OP+. The van der Waals surface area contributed by atoms with Gasteiger partial charge in [0.2, 0.25) is 0 Å². The second-order valence-corrected chi connectivity index (χ2v) is 9.93. The van der Waals surface area contributed by atoms with E-state index in [0.29, 0.717) is 6.04 Å². The standard InChI is InChI=1S/C22H28N2OP/c1-21(2)20-14-15-22(21,3)24(17-19-12-8-5-9-13-19)26(25)23(20)16-18-10-6-4-7-11-18/h4-13,20H,14-17H2,1-3H3/q+1/t20?,22-/m1/s1. The molecule has 2 aliphatic rings. The minimum absolute atomic E-state index is 0.0336. The number of benzene rings is 2. The van der Waals surface area contributed by atoms with Gasteiger partial charge in [0, 0.05) is 5.41 Å². The van der Waals surface area contributed by atoms with Crippen LogP contribution >= 0.6 is 8.10 Å². The lowest BCUT2D eigenvalue weighted by Gasteiger charge is -2.48. The second kappa shape index (κ2) is 6.56. The summed E-state index contributed by atoms with van der Waals surface area (Å²) >= 11 is 0. The van der Waals surface area contributed by atoms with Gasteiger partial charge in [-0.1, -0.05) is 83.9 Å².